The maximum Gasteiger partial charge on any atom is 0.278 e. The number of aromatic nitrogens is 11. The summed E-state index contributed by atoms with van der Waals surface area (Å²) in [5.74, 6) is 2.80. The van der Waals surface area contributed by atoms with Gasteiger partial charge >= 0.3 is 0 Å². The van der Waals surface area contributed by atoms with E-state index in [2.05, 4.69) is 137 Å². The number of nitrogens with zero attached hydrogens (tertiary/aromatic N) is 13. The van der Waals surface area contributed by atoms with E-state index in [4.69, 9.17) is 15.0 Å². The van der Waals surface area contributed by atoms with Gasteiger partial charge in [0.15, 0.2) is 28.1 Å². The van der Waals surface area contributed by atoms with E-state index in [1.54, 1.807) is 43.3 Å². The van der Waals surface area contributed by atoms with Gasteiger partial charge in [0, 0.05) is 53.9 Å². The molecule has 2 aliphatic rings. The second-order valence-electron chi connectivity index (χ2n) is 20.2. The first-order valence-electron chi connectivity index (χ1n) is 25.7. The smallest absolute Gasteiger partial charge is 0.278 e. The number of piperidine rings is 2. The van der Waals surface area contributed by atoms with E-state index in [1.165, 1.54) is 56.2 Å². The highest BCUT2D eigenvalue weighted by atomic mass is 79.9. The van der Waals surface area contributed by atoms with Crippen molar-refractivity contribution in [2.45, 2.75) is 103 Å². The van der Waals surface area contributed by atoms with Crippen LogP contribution in [0.15, 0.2) is 136 Å². The number of benzene rings is 1. The third-order valence-electron chi connectivity index (χ3n) is 13.9. The number of allylic oxidation sites excluding steroid dienone is 2. The van der Waals surface area contributed by atoms with Crippen molar-refractivity contribution in [3.63, 3.8) is 0 Å². The Bertz CT molecular complexity index is 3380. The predicted molar refractivity (Wildman–Crippen MR) is 309 cm³/mol. The fourth-order valence-corrected chi connectivity index (χ4v) is 10.2. The largest absolute Gasteiger partial charge is 0.371 e. The van der Waals surface area contributed by atoms with E-state index in [1.807, 2.05) is 60.9 Å². The number of nitrogens with one attached hydrogen (secondary N) is 1. The molecular formula is C57H69BrN14O2S. The first-order chi connectivity index (χ1) is 36.1. The van der Waals surface area contributed by atoms with Gasteiger partial charge in [-0.05, 0) is 152 Å². The van der Waals surface area contributed by atoms with Gasteiger partial charge in [-0.15, -0.1) is 13.2 Å². The van der Waals surface area contributed by atoms with Gasteiger partial charge in [-0.25, -0.2) is 48.6 Å². The van der Waals surface area contributed by atoms with Crippen LogP contribution in [0.2, 0.25) is 0 Å². The molecule has 0 aliphatic carbocycles. The Morgan fingerprint density at radius 3 is 1.60 bits per heavy atom. The Morgan fingerprint density at radius 2 is 1.12 bits per heavy atom. The number of rotatable bonds is 13. The van der Waals surface area contributed by atoms with E-state index >= 15 is 0 Å². The zero-order chi connectivity index (χ0) is 53.4. The highest BCUT2D eigenvalue weighted by molar-refractivity contribution is 9.10. The van der Waals surface area contributed by atoms with Crippen LogP contribution >= 0.6 is 27.7 Å². The lowest BCUT2D eigenvalue weighted by atomic mass is 9.71. The van der Waals surface area contributed by atoms with Crippen LogP contribution in [0.25, 0.3) is 33.7 Å². The first-order valence-corrected chi connectivity index (χ1v) is 27.7. The Hall–Kier alpha value is -6.76. The number of pyridine rings is 3. The Morgan fingerprint density at radius 1 is 0.640 bits per heavy atom. The molecule has 1 N–H and O–H groups in total. The SMILES string of the molecule is C=CCn1c(=O)c2cnc(Nc3ccc(N4CCC5(CCN(C)CC5)CC4)cc3)nc2n1-c1cccc(C(C)C)n1.C=CCn1c(=O)c2cnc(SC)nc2n1-c1cccc(C(C)C)n1.CC(C)c1cccc(Br)n1. The quantitative estimate of drug-likeness (QED) is 0.0503. The molecular weight excluding hydrogens is 1020 g/mol. The number of likely N-dealkylation sites (tertiary alicyclic amines) is 1. The lowest BCUT2D eigenvalue weighted by molar-refractivity contribution is 0.0945. The molecule has 2 aliphatic heterocycles. The second kappa shape index (κ2) is 24.3. The molecule has 0 bridgehead atoms. The minimum absolute atomic E-state index is 0.144. The van der Waals surface area contributed by atoms with Crippen LogP contribution in [-0.4, -0.2) is 98.0 Å². The molecule has 2 fully saturated rings. The predicted octanol–water partition coefficient (Wildman–Crippen LogP) is 11.3. The molecule has 7 aromatic heterocycles. The minimum Gasteiger partial charge on any atom is -0.371 e. The molecule has 392 valence electrons. The molecule has 8 aromatic rings. The lowest BCUT2D eigenvalue weighted by Crippen LogP contribution is -2.46. The zero-order valence-corrected chi connectivity index (χ0v) is 46.9. The molecule has 0 saturated carbocycles. The molecule has 0 atom stereocenters. The second-order valence-corrected chi connectivity index (χ2v) is 21.7. The van der Waals surface area contributed by atoms with E-state index < -0.39 is 0 Å². The molecule has 1 aromatic carbocycles. The van der Waals surface area contributed by atoms with Gasteiger partial charge in [-0.2, -0.15) is 4.98 Å². The highest BCUT2D eigenvalue weighted by Gasteiger charge is 2.37. The van der Waals surface area contributed by atoms with Gasteiger partial charge in [0.25, 0.3) is 11.1 Å². The summed E-state index contributed by atoms with van der Waals surface area (Å²) in [5, 5.41) is 4.87. The molecule has 2 saturated heterocycles. The molecule has 9 heterocycles. The Balaban J connectivity index is 0.000000184. The minimum atomic E-state index is -0.170. The summed E-state index contributed by atoms with van der Waals surface area (Å²) in [6, 6.07) is 26.1. The number of anilines is 3. The molecule has 16 nitrogen and oxygen atoms in total. The molecule has 0 amide bonds. The van der Waals surface area contributed by atoms with Gasteiger partial charge in [0.05, 0.1) is 13.1 Å². The van der Waals surface area contributed by atoms with Crippen LogP contribution < -0.4 is 21.3 Å². The van der Waals surface area contributed by atoms with E-state index in [9.17, 15) is 9.59 Å². The normalized spacial score (nSPS) is 14.5. The fourth-order valence-electron chi connectivity index (χ4n) is 9.46. The van der Waals surface area contributed by atoms with Crippen molar-refractivity contribution in [3.05, 3.63) is 159 Å². The lowest BCUT2D eigenvalue weighted by Gasteiger charge is -2.46. The maximum atomic E-state index is 13.3. The number of hydrogen-bond acceptors (Lipinski definition) is 13. The highest BCUT2D eigenvalue weighted by Crippen LogP contribution is 2.42. The third-order valence-corrected chi connectivity index (χ3v) is 14.9. The number of fused-ring (bicyclic) bond motifs is 2. The van der Waals surface area contributed by atoms with Crippen LogP contribution in [0.4, 0.5) is 17.3 Å². The van der Waals surface area contributed by atoms with Gasteiger partial charge in [0.1, 0.15) is 15.4 Å². The van der Waals surface area contributed by atoms with Crippen molar-refractivity contribution in [1.82, 2.24) is 58.5 Å². The van der Waals surface area contributed by atoms with E-state index in [0.29, 0.717) is 75.1 Å². The standard InChI is InChI=1S/C32H40N8O.C17H19N5OS.C8H10BrN/c1-5-17-39-30(41)26-22-33-31(36-29(26)40(39)28-8-6-7-27(35-28)23(2)3)34-24-9-11-25(12-10-24)38-20-15-32(16-21-38)13-18-37(4)19-14-32;1-5-9-21-16(23)12-10-18-17(24-4)20-15(12)22(21)14-8-6-7-13(19-14)11(2)3;1-6(2)7-4-3-5-8(9)10-7/h5-12,22-23H,1,13-21H2,2-4H3,(H,33,34,36);5-8,10-11H,1,9H2,2-4H3;3-6H,1-2H3. The molecule has 0 radical (unpaired) electrons. The third kappa shape index (κ3) is 12.5. The molecule has 0 unspecified atom stereocenters. The van der Waals surface area contributed by atoms with Crippen LogP contribution in [-0.2, 0) is 13.1 Å². The van der Waals surface area contributed by atoms with Gasteiger partial charge in [-0.3, -0.25) is 9.59 Å². The summed E-state index contributed by atoms with van der Waals surface area (Å²) >= 11 is 4.76. The number of thioether (sulfide) groups is 1. The van der Waals surface area contributed by atoms with Crippen LogP contribution in [0.1, 0.15) is 102 Å². The fraction of sp³-hybridized carbons (Fsp3) is 0.386. The zero-order valence-electron chi connectivity index (χ0n) is 44.4. The first kappa shape index (κ1) is 54.5. The van der Waals surface area contributed by atoms with Crippen molar-refractivity contribution < 1.29 is 0 Å². The monoisotopic (exact) mass is 1090 g/mol. The summed E-state index contributed by atoms with van der Waals surface area (Å²) in [6.45, 7) is 25.6. The van der Waals surface area contributed by atoms with Gasteiger partial charge in [-0.1, -0.05) is 83.7 Å². The summed E-state index contributed by atoms with van der Waals surface area (Å²) in [5.41, 5.74) is 6.50. The average molecular weight is 1090 g/mol. The summed E-state index contributed by atoms with van der Waals surface area (Å²) in [6.07, 6.45) is 13.7. The van der Waals surface area contributed by atoms with Gasteiger partial charge in [0.2, 0.25) is 5.95 Å². The van der Waals surface area contributed by atoms with Gasteiger partial charge < -0.3 is 15.1 Å². The summed E-state index contributed by atoms with van der Waals surface area (Å²) < 4.78 is 7.63. The van der Waals surface area contributed by atoms with Crippen molar-refractivity contribution in [1.29, 1.82) is 0 Å². The topological polar surface area (TPSA) is 163 Å². The van der Waals surface area contributed by atoms with Crippen molar-refractivity contribution in [3.8, 4) is 11.6 Å². The summed E-state index contributed by atoms with van der Waals surface area (Å²) in [4.78, 5) is 62.8. The number of hydrogen-bond donors (Lipinski definition) is 1. The maximum absolute atomic E-state index is 13.3. The molecule has 75 heavy (non-hydrogen) atoms. The van der Waals surface area contributed by atoms with Crippen LogP contribution in [0.5, 0.6) is 0 Å². The van der Waals surface area contributed by atoms with Crippen molar-refractivity contribution in [2.24, 2.45) is 5.41 Å². The molecule has 1 spiro atoms. The molecule has 10 rings (SSSR count). The average Bonchev–Trinajstić information content (AvgIpc) is 3.86. The Kier molecular flexibility index (Phi) is 17.6. The Labute approximate surface area is 452 Å². The van der Waals surface area contributed by atoms with E-state index in [0.717, 1.165) is 40.5 Å². The van der Waals surface area contributed by atoms with Crippen LogP contribution in [0, 0.1) is 5.41 Å². The van der Waals surface area contributed by atoms with Crippen molar-refractivity contribution in [2.75, 3.05) is 49.7 Å². The number of halogens is 1. The van der Waals surface area contributed by atoms with Crippen LogP contribution in [0.3, 0.4) is 0 Å². The summed E-state index contributed by atoms with van der Waals surface area (Å²) in [7, 11) is 2.24. The van der Waals surface area contributed by atoms with E-state index in [-0.39, 0.29) is 17.0 Å². The van der Waals surface area contributed by atoms with Crippen molar-refractivity contribution >= 4 is 67.1 Å². The molecule has 18 heteroatoms.